The van der Waals surface area contributed by atoms with E-state index in [0.29, 0.717) is 12.0 Å². The van der Waals surface area contributed by atoms with Gasteiger partial charge < -0.3 is 29.2 Å². The van der Waals surface area contributed by atoms with Crippen LogP contribution in [0.3, 0.4) is 0 Å². The van der Waals surface area contributed by atoms with Crippen LogP contribution in [0.25, 0.3) is 0 Å². The van der Waals surface area contributed by atoms with Gasteiger partial charge in [0.2, 0.25) is 0 Å². The molecule has 1 aliphatic heterocycles. The van der Waals surface area contributed by atoms with Crippen LogP contribution in [-0.4, -0.2) is 72.2 Å². The Morgan fingerprint density at radius 1 is 1.16 bits per heavy atom. The molecule has 0 aromatic heterocycles. The normalized spacial score (nSPS) is 27.6. The minimum atomic E-state index is -0.852. The second-order valence-electron chi connectivity index (χ2n) is 8.96. The Labute approximate surface area is 215 Å². The first-order valence-electron chi connectivity index (χ1n) is 11.8. The number of esters is 4. The summed E-state index contributed by atoms with van der Waals surface area (Å²) in [5, 5.41) is 19.8. The molecular weight excluding hydrogens is 484 g/mol. The number of rotatable bonds is 8. The van der Waals surface area contributed by atoms with Crippen LogP contribution in [0.5, 0.6) is 0 Å². The van der Waals surface area contributed by atoms with Crippen molar-refractivity contribution in [1.82, 2.24) is 0 Å². The van der Waals surface area contributed by atoms with Gasteiger partial charge in [-0.2, -0.15) is 0 Å². The number of hydrogen-bond acceptors (Lipinski definition) is 10. The predicted octanol–water partition coefficient (Wildman–Crippen LogP) is 2.01. The largest absolute Gasteiger partial charge is 0.462 e. The second kappa shape index (κ2) is 13.7. The van der Waals surface area contributed by atoms with E-state index < -0.39 is 61.3 Å². The highest BCUT2D eigenvalue weighted by Crippen LogP contribution is 2.36. The summed E-state index contributed by atoms with van der Waals surface area (Å²) in [6.45, 7) is 8.98. The fourth-order valence-electron chi connectivity index (χ4n) is 3.84. The van der Waals surface area contributed by atoms with Gasteiger partial charge in [0.15, 0.2) is 0 Å². The minimum Gasteiger partial charge on any atom is -0.462 e. The van der Waals surface area contributed by atoms with Crippen LogP contribution in [0.2, 0.25) is 0 Å². The van der Waals surface area contributed by atoms with Gasteiger partial charge in [-0.25, -0.2) is 14.4 Å². The summed E-state index contributed by atoms with van der Waals surface area (Å²) in [6.07, 6.45) is 4.20. The second-order valence-corrected chi connectivity index (χ2v) is 8.96. The molecule has 37 heavy (non-hydrogen) atoms. The quantitative estimate of drug-likeness (QED) is 0.212. The van der Waals surface area contributed by atoms with Gasteiger partial charge in [0.25, 0.3) is 0 Å². The molecule has 2 rings (SSSR count). The molecule has 0 spiro atoms. The summed E-state index contributed by atoms with van der Waals surface area (Å²) < 4.78 is 21.1. The number of ether oxygens (including phenoxy) is 4. The van der Waals surface area contributed by atoms with Crippen molar-refractivity contribution in [2.45, 2.75) is 58.8 Å². The van der Waals surface area contributed by atoms with Gasteiger partial charge in [0.1, 0.15) is 25.4 Å². The third kappa shape index (κ3) is 8.54. The summed E-state index contributed by atoms with van der Waals surface area (Å²) in [7, 11) is 0. The molecule has 1 aliphatic carbocycles. The smallest absolute Gasteiger partial charge is 0.337 e. The first kappa shape index (κ1) is 29.7. The van der Waals surface area contributed by atoms with Crippen LogP contribution in [0, 0.1) is 5.92 Å². The van der Waals surface area contributed by atoms with Crippen molar-refractivity contribution in [2.24, 2.45) is 5.92 Å². The molecule has 1 saturated heterocycles. The molecule has 0 amide bonds. The van der Waals surface area contributed by atoms with Crippen molar-refractivity contribution in [3.63, 3.8) is 0 Å². The van der Waals surface area contributed by atoms with E-state index in [1.54, 1.807) is 13.0 Å². The van der Waals surface area contributed by atoms with Gasteiger partial charge in [-0.15, -0.1) is 0 Å². The molecule has 0 radical (unpaired) electrons. The molecule has 0 unspecified atom stereocenters. The first-order valence-corrected chi connectivity index (χ1v) is 11.8. The van der Waals surface area contributed by atoms with Crippen LogP contribution < -0.4 is 0 Å². The van der Waals surface area contributed by atoms with E-state index in [9.17, 15) is 29.4 Å². The third-order valence-electron chi connectivity index (χ3n) is 6.04. The molecule has 202 valence electrons. The Kier molecular flexibility index (Phi) is 11.0. The summed E-state index contributed by atoms with van der Waals surface area (Å²) in [4.78, 5) is 48.5. The number of carbonyl (C=O) groups is 4. The van der Waals surface area contributed by atoms with Gasteiger partial charge in [-0.1, -0.05) is 18.2 Å². The lowest BCUT2D eigenvalue weighted by Gasteiger charge is -2.28. The SMILES string of the molecule is C=C1C(=O)O[C@@H]2/C=C(\C)[C@H](O)C/C=C(\C)C[C@@H](OC(=O)/C(=C/CO)COC(=O)/C(C)=C/COC(C)=O)[C@@H]12. The summed E-state index contributed by atoms with van der Waals surface area (Å²) in [5.74, 6) is -3.41. The topological polar surface area (TPSA) is 146 Å². The van der Waals surface area contributed by atoms with E-state index in [4.69, 9.17) is 18.9 Å². The van der Waals surface area contributed by atoms with Gasteiger partial charge >= 0.3 is 23.9 Å². The Morgan fingerprint density at radius 2 is 1.86 bits per heavy atom. The zero-order chi connectivity index (χ0) is 27.7. The fourth-order valence-corrected chi connectivity index (χ4v) is 3.84. The highest BCUT2D eigenvalue weighted by Gasteiger charge is 2.44. The molecule has 2 N–H and O–H groups in total. The average molecular weight is 519 g/mol. The summed E-state index contributed by atoms with van der Waals surface area (Å²) >= 11 is 0. The van der Waals surface area contributed by atoms with Gasteiger partial charge in [-0.3, -0.25) is 4.79 Å². The molecule has 10 heteroatoms. The minimum absolute atomic E-state index is 0.100. The maximum absolute atomic E-state index is 13.1. The van der Waals surface area contributed by atoms with E-state index in [0.717, 1.165) is 5.57 Å². The number of aliphatic hydroxyl groups is 2. The number of fused-ring (bicyclic) bond motifs is 1. The van der Waals surface area contributed by atoms with Crippen molar-refractivity contribution in [1.29, 1.82) is 0 Å². The maximum Gasteiger partial charge on any atom is 0.337 e. The van der Waals surface area contributed by atoms with Crippen LogP contribution in [0.4, 0.5) is 0 Å². The molecule has 0 aromatic carbocycles. The van der Waals surface area contributed by atoms with Crippen LogP contribution in [-0.2, 0) is 38.1 Å². The number of hydrogen-bond donors (Lipinski definition) is 2. The fraction of sp³-hybridized carbons (Fsp3) is 0.481. The highest BCUT2D eigenvalue weighted by molar-refractivity contribution is 5.93. The maximum atomic E-state index is 13.1. The standard InChI is InChI=1S/C27H34O10/c1-15-6-7-21(30)17(3)13-23-24(18(4)26(32)36-23)22(12-15)37-27(33)20(8-10-28)14-35-25(31)16(2)9-11-34-19(5)29/h6,8-9,13,21-24,28,30H,4,7,10-12,14H2,1-3,5H3/b15-6+,16-9+,17-13+,20-8+/t21-,22-,23-,24-/m1/s1. The molecule has 0 saturated carbocycles. The zero-order valence-corrected chi connectivity index (χ0v) is 21.5. The number of carbonyl (C=O) groups excluding carboxylic acids is 4. The molecule has 2 aliphatic rings. The molecule has 0 aromatic rings. The highest BCUT2D eigenvalue weighted by atomic mass is 16.6. The van der Waals surface area contributed by atoms with Crippen molar-refractivity contribution in [3.8, 4) is 0 Å². The van der Waals surface area contributed by atoms with Gasteiger partial charge in [0.05, 0.1) is 24.2 Å². The molecule has 4 atom stereocenters. The Hall–Kier alpha value is -3.50. The van der Waals surface area contributed by atoms with Crippen molar-refractivity contribution >= 4 is 23.9 Å². The van der Waals surface area contributed by atoms with Crippen LogP contribution >= 0.6 is 0 Å². The lowest BCUT2D eigenvalue weighted by Crippen LogP contribution is -2.34. The molecule has 0 bridgehead atoms. The lowest BCUT2D eigenvalue weighted by molar-refractivity contribution is -0.149. The zero-order valence-electron chi connectivity index (χ0n) is 21.5. The number of aliphatic hydroxyl groups excluding tert-OH is 2. The monoisotopic (exact) mass is 518 g/mol. The lowest BCUT2D eigenvalue weighted by atomic mass is 9.85. The molecule has 10 nitrogen and oxygen atoms in total. The molecule has 1 heterocycles. The van der Waals surface area contributed by atoms with Crippen molar-refractivity contribution in [3.05, 3.63) is 58.7 Å². The Bertz CT molecular complexity index is 1050. The third-order valence-corrected chi connectivity index (χ3v) is 6.04. The first-order chi connectivity index (χ1) is 17.4. The van der Waals surface area contributed by atoms with E-state index in [1.165, 1.54) is 26.0 Å². The predicted molar refractivity (Wildman–Crippen MR) is 132 cm³/mol. The summed E-state index contributed by atoms with van der Waals surface area (Å²) in [5.41, 5.74) is 1.64. The van der Waals surface area contributed by atoms with Gasteiger partial charge in [-0.05, 0) is 51.0 Å². The summed E-state index contributed by atoms with van der Waals surface area (Å²) in [6, 6.07) is 0. The van der Waals surface area contributed by atoms with E-state index in [-0.39, 0.29) is 29.7 Å². The molecule has 1 fully saturated rings. The van der Waals surface area contributed by atoms with Crippen molar-refractivity contribution < 1.29 is 48.3 Å². The van der Waals surface area contributed by atoms with Crippen LogP contribution in [0.1, 0.15) is 40.5 Å². The van der Waals surface area contributed by atoms with E-state index in [2.05, 4.69) is 6.58 Å². The molecular formula is C27H34O10. The Balaban J connectivity index is 2.21. The van der Waals surface area contributed by atoms with Crippen LogP contribution in [0.15, 0.2) is 58.7 Å². The van der Waals surface area contributed by atoms with E-state index in [1.807, 2.05) is 13.0 Å². The van der Waals surface area contributed by atoms with Crippen molar-refractivity contribution in [2.75, 3.05) is 19.8 Å². The van der Waals surface area contributed by atoms with E-state index >= 15 is 0 Å². The van der Waals surface area contributed by atoms with Gasteiger partial charge in [0, 0.05) is 24.5 Å². The average Bonchev–Trinajstić information content (AvgIpc) is 3.11. The Morgan fingerprint density at radius 3 is 2.51 bits per heavy atom.